The van der Waals surface area contributed by atoms with Crippen LogP contribution in [0.1, 0.15) is 16.3 Å². The number of ether oxygens (including phenoxy) is 5. The van der Waals surface area contributed by atoms with Crippen LogP contribution in [0.3, 0.4) is 0 Å². The molecule has 1 aromatic heterocycles. The van der Waals surface area contributed by atoms with Gasteiger partial charge in [-0.3, -0.25) is 14.9 Å². The van der Waals surface area contributed by atoms with Crippen molar-refractivity contribution >= 4 is 17.3 Å². The molecule has 1 N–H and O–H groups in total. The number of carbonyl (C=O) groups is 1. The molecule has 11 heteroatoms. The van der Waals surface area contributed by atoms with Crippen molar-refractivity contribution < 1.29 is 37.8 Å². The molecular weight excluding hydrogens is 484 g/mol. The zero-order valence-electron chi connectivity index (χ0n) is 19.5. The topological polar surface area (TPSA) is 132 Å². The Hall–Kier alpha value is -5.19. The fraction of sp³-hybridized carbons (Fsp3) is 0.115. The van der Waals surface area contributed by atoms with Crippen LogP contribution >= 0.6 is 0 Å². The highest BCUT2D eigenvalue weighted by Gasteiger charge is 2.17. The lowest BCUT2D eigenvalue weighted by atomic mass is 10.2. The molecule has 0 fully saturated rings. The molecule has 0 spiro atoms. The average Bonchev–Trinajstić information content (AvgIpc) is 3.57. The summed E-state index contributed by atoms with van der Waals surface area (Å²) in [6.45, 7) is 0.235. The molecule has 37 heavy (non-hydrogen) atoms. The monoisotopic (exact) mass is 504 g/mol. The van der Waals surface area contributed by atoms with Crippen molar-refractivity contribution in [3.63, 3.8) is 0 Å². The van der Waals surface area contributed by atoms with Crippen molar-refractivity contribution in [3.05, 3.63) is 94.4 Å². The van der Waals surface area contributed by atoms with Crippen molar-refractivity contribution in [3.8, 4) is 34.5 Å². The second-order valence-electron chi connectivity index (χ2n) is 7.77. The van der Waals surface area contributed by atoms with E-state index < -0.39 is 10.8 Å². The van der Waals surface area contributed by atoms with Gasteiger partial charge in [-0.05, 0) is 48.5 Å². The molecule has 1 aliphatic heterocycles. The number of nitro groups is 1. The summed E-state index contributed by atoms with van der Waals surface area (Å²) in [7, 11) is 1.54. The van der Waals surface area contributed by atoms with Crippen LogP contribution in [0.25, 0.3) is 0 Å². The highest BCUT2D eigenvalue weighted by Crippen LogP contribution is 2.35. The summed E-state index contributed by atoms with van der Waals surface area (Å²) < 4.78 is 32.7. The van der Waals surface area contributed by atoms with Crippen molar-refractivity contribution in [2.75, 3.05) is 19.2 Å². The van der Waals surface area contributed by atoms with Gasteiger partial charge in [-0.25, -0.2) is 0 Å². The van der Waals surface area contributed by atoms with Crippen LogP contribution in [0.4, 0.5) is 11.4 Å². The largest absolute Gasteiger partial charge is 0.497 e. The molecule has 1 aliphatic rings. The number of methoxy groups -OCH3 is 1. The maximum atomic E-state index is 12.8. The van der Waals surface area contributed by atoms with Gasteiger partial charge in [0.15, 0.2) is 17.3 Å². The Bertz CT molecular complexity index is 1450. The number of furan rings is 1. The van der Waals surface area contributed by atoms with E-state index in [1.54, 1.807) is 55.6 Å². The van der Waals surface area contributed by atoms with Crippen molar-refractivity contribution in [2.24, 2.45) is 0 Å². The number of nitro benzene ring substituents is 1. The summed E-state index contributed by atoms with van der Waals surface area (Å²) in [6, 6.07) is 18.9. The smallest absolute Gasteiger partial charge is 0.291 e. The Balaban J connectivity index is 1.25. The predicted octanol–water partition coefficient (Wildman–Crippen LogP) is 5.55. The number of fused-ring (bicyclic) bond motifs is 1. The van der Waals surface area contributed by atoms with Crippen molar-refractivity contribution in [2.45, 2.75) is 6.61 Å². The van der Waals surface area contributed by atoms with Crippen LogP contribution in [0.15, 0.2) is 77.2 Å². The van der Waals surface area contributed by atoms with Gasteiger partial charge >= 0.3 is 0 Å². The number of amides is 1. The number of non-ortho nitro benzene ring substituents is 1. The van der Waals surface area contributed by atoms with E-state index >= 15 is 0 Å². The second kappa shape index (κ2) is 10.2. The van der Waals surface area contributed by atoms with E-state index in [1.807, 2.05) is 0 Å². The first kappa shape index (κ1) is 23.5. The molecule has 0 radical (unpaired) electrons. The molecule has 0 saturated carbocycles. The van der Waals surface area contributed by atoms with E-state index in [2.05, 4.69) is 5.32 Å². The van der Waals surface area contributed by atoms with Crippen LogP contribution in [-0.2, 0) is 6.61 Å². The molecule has 0 bridgehead atoms. The third-order valence-corrected chi connectivity index (χ3v) is 5.27. The molecule has 0 saturated heterocycles. The fourth-order valence-electron chi connectivity index (χ4n) is 3.49. The molecule has 11 nitrogen and oxygen atoms in total. The molecule has 2 heterocycles. The van der Waals surface area contributed by atoms with Gasteiger partial charge in [0.25, 0.3) is 11.6 Å². The maximum absolute atomic E-state index is 12.8. The number of nitrogens with zero attached hydrogens (tertiary/aromatic N) is 1. The predicted molar refractivity (Wildman–Crippen MR) is 130 cm³/mol. The van der Waals surface area contributed by atoms with E-state index in [9.17, 15) is 14.9 Å². The lowest BCUT2D eigenvalue weighted by molar-refractivity contribution is -0.384. The number of nitrogens with one attached hydrogen (secondary N) is 1. The summed E-state index contributed by atoms with van der Waals surface area (Å²) in [5.74, 6) is 2.85. The summed E-state index contributed by atoms with van der Waals surface area (Å²) in [5.41, 5.74) is -0.0872. The van der Waals surface area contributed by atoms with Gasteiger partial charge in [0.1, 0.15) is 35.4 Å². The number of anilines is 1. The third kappa shape index (κ3) is 5.56. The highest BCUT2D eigenvalue weighted by atomic mass is 16.7. The summed E-state index contributed by atoms with van der Waals surface area (Å²) in [5, 5.41) is 14.0. The Morgan fingerprint density at radius 1 is 0.919 bits per heavy atom. The van der Waals surface area contributed by atoms with E-state index in [0.717, 1.165) is 0 Å². The SMILES string of the molecule is COc1ccc(Oc2cc(NC(=O)c3ccc(COc4ccc5c(c4)OCO5)o3)cc([N+](=O)[O-])c2)cc1. The first-order valence-electron chi connectivity index (χ1n) is 11.0. The van der Waals surface area contributed by atoms with Gasteiger partial charge in [0.05, 0.1) is 23.8 Å². The summed E-state index contributed by atoms with van der Waals surface area (Å²) >= 11 is 0. The number of benzene rings is 3. The number of hydrogen-bond donors (Lipinski definition) is 1. The Morgan fingerprint density at radius 2 is 1.68 bits per heavy atom. The maximum Gasteiger partial charge on any atom is 0.291 e. The Labute approximate surface area is 210 Å². The van der Waals surface area contributed by atoms with Gasteiger partial charge in [-0.1, -0.05) is 0 Å². The number of carbonyl (C=O) groups excluding carboxylic acids is 1. The molecule has 4 aromatic rings. The molecule has 5 rings (SSSR count). The van der Waals surface area contributed by atoms with E-state index in [4.69, 9.17) is 28.1 Å². The zero-order chi connectivity index (χ0) is 25.8. The van der Waals surface area contributed by atoms with Crippen LogP contribution in [0.5, 0.6) is 34.5 Å². The lowest BCUT2D eigenvalue weighted by Crippen LogP contribution is -2.11. The van der Waals surface area contributed by atoms with Crippen molar-refractivity contribution in [1.82, 2.24) is 0 Å². The van der Waals surface area contributed by atoms with Crippen LogP contribution in [0.2, 0.25) is 0 Å². The molecule has 188 valence electrons. The van der Waals surface area contributed by atoms with Gasteiger partial charge in [-0.2, -0.15) is 0 Å². The molecule has 0 atom stereocenters. The van der Waals surface area contributed by atoms with Crippen LogP contribution in [0, 0.1) is 10.1 Å². The molecule has 3 aromatic carbocycles. The van der Waals surface area contributed by atoms with E-state index in [-0.39, 0.29) is 36.3 Å². The highest BCUT2D eigenvalue weighted by molar-refractivity contribution is 6.02. The molecule has 0 aliphatic carbocycles. The molecular formula is C26H20N2O9. The van der Waals surface area contributed by atoms with Gasteiger partial charge in [0, 0.05) is 18.2 Å². The summed E-state index contributed by atoms with van der Waals surface area (Å²) in [4.78, 5) is 23.6. The Morgan fingerprint density at radius 3 is 2.46 bits per heavy atom. The summed E-state index contributed by atoms with van der Waals surface area (Å²) in [6.07, 6.45) is 0. The molecule has 0 unspecified atom stereocenters. The standard InChI is InChI=1S/C26H20N2O9/c1-32-18-2-4-19(5-3-18)36-22-11-16(10-17(12-22)28(30)31)27-26(29)24-9-7-21(37-24)14-33-20-6-8-23-25(13-20)35-15-34-23/h2-13H,14-15H2,1H3,(H,27,29). The minimum absolute atomic E-state index is 0.00779. The Kier molecular flexibility index (Phi) is 6.49. The minimum Gasteiger partial charge on any atom is -0.497 e. The van der Waals surface area contributed by atoms with Gasteiger partial charge < -0.3 is 33.4 Å². The second-order valence-corrected chi connectivity index (χ2v) is 7.77. The fourth-order valence-corrected chi connectivity index (χ4v) is 3.49. The van der Waals surface area contributed by atoms with Crippen LogP contribution < -0.4 is 29.0 Å². The quantitative estimate of drug-likeness (QED) is 0.230. The van der Waals surface area contributed by atoms with E-state index in [1.165, 1.54) is 24.3 Å². The van der Waals surface area contributed by atoms with Gasteiger partial charge in [-0.15, -0.1) is 0 Å². The first-order valence-corrected chi connectivity index (χ1v) is 11.0. The third-order valence-electron chi connectivity index (χ3n) is 5.27. The zero-order valence-corrected chi connectivity index (χ0v) is 19.5. The normalized spacial score (nSPS) is 11.6. The van der Waals surface area contributed by atoms with Gasteiger partial charge in [0.2, 0.25) is 6.79 Å². The van der Waals surface area contributed by atoms with E-state index in [0.29, 0.717) is 34.5 Å². The minimum atomic E-state index is -0.592. The molecule has 1 amide bonds. The number of hydrogen-bond acceptors (Lipinski definition) is 9. The van der Waals surface area contributed by atoms with Crippen LogP contribution in [-0.4, -0.2) is 24.7 Å². The van der Waals surface area contributed by atoms with Crippen molar-refractivity contribution in [1.29, 1.82) is 0 Å². The first-order chi connectivity index (χ1) is 18.0. The number of rotatable bonds is 9. The lowest BCUT2D eigenvalue weighted by Gasteiger charge is -2.09. The average molecular weight is 504 g/mol.